The van der Waals surface area contributed by atoms with E-state index in [-0.39, 0.29) is 5.75 Å². The summed E-state index contributed by atoms with van der Waals surface area (Å²) in [6, 6.07) is 17.3. The lowest BCUT2D eigenvalue weighted by atomic mass is 10.2. The normalized spacial score (nSPS) is 11.4. The van der Waals surface area contributed by atoms with Gasteiger partial charge in [-0.2, -0.15) is 0 Å². The van der Waals surface area contributed by atoms with Gasteiger partial charge in [-0.15, -0.1) is 0 Å². The van der Waals surface area contributed by atoms with Crippen LogP contribution >= 0.6 is 0 Å². The molecule has 0 fully saturated rings. The molecule has 0 radical (unpaired) electrons. The molecule has 0 atom stereocenters. The van der Waals surface area contributed by atoms with E-state index < -0.39 is 10.0 Å². The fourth-order valence-electron chi connectivity index (χ4n) is 2.17. The Hall–Kier alpha value is -1.89. The van der Waals surface area contributed by atoms with Crippen LogP contribution in [0.25, 0.3) is 0 Å². The Labute approximate surface area is 144 Å². The maximum Gasteiger partial charge on any atom is 0.213 e. The highest BCUT2D eigenvalue weighted by molar-refractivity contribution is 7.89. The van der Waals surface area contributed by atoms with Gasteiger partial charge in [0, 0.05) is 19.6 Å². The van der Waals surface area contributed by atoms with Crippen LogP contribution in [0.3, 0.4) is 0 Å². The Bertz CT molecular complexity index is 701. The zero-order valence-electron chi connectivity index (χ0n) is 13.9. The van der Waals surface area contributed by atoms with Crippen molar-refractivity contribution >= 4 is 10.0 Å². The van der Waals surface area contributed by atoms with Gasteiger partial charge in [0.1, 0.15) is 5.75 Å². The van der Waals surface area contributed by atoms with Crippen LogP contribution in [0, 0.1) is 0 Å². The highest BCUT2D eigenvalue weighted by atomic mass is 32.2. The molecular formula is C18H24N2O3S. The first-order chi connectivity index (χ1) is 11.6. The van der Waals surface area contributed by atoms with Crippen LogP contribution in [0.15, 0.2) is 54.6 Å². The Morgan fingerprint density at radius 2 is 1.58 bits per heavy atom. The maximum atomic E-state index is 12.0. The summed E-state index contributed by atoms with van der Waals surface area (Å²) in [5.41, 5.74) is 2.04. The lowest BCUT2D eigenvalue weighted by Crippen LogP contribution is -2.31. The number of benzene rings is 2. The second kappa shape index (κ2) is 9.42. The second-order valence-electron chi connectivity index (χ2n) is 5.38. The third kappa shape index (κ3) is 6.70. The minimum absolute atomic E-state index is 0.0524. The summed E-state index contributed by atoms with van der Waals surface area (Å²) in [5, 5.41) is 3.15. The van der Waals surface area contributed by atoms with E-state index in [9.17, 15) is 8.42 Å². The Morgan fingerprint density at radius 1 is 0.917 bits per heavy atom. The molecule has 2 aromatic rings. The molecule has 5 nitrogen and oxygen atoms in total. The third-order valence-corrected chi connectivity index (χ3v) is 4.78. The number of hydrogen-bond acceptors (Lipinski definition) is 4. The second-order valence-corrected chi connectivity index (χ2v) is 7.31. The van der Waals surface area contributed by atoms with Crippen LogP contribution in [-0.2, 0) is 23.1 Å². The maximum absolute atomic E-state index is 12.0. The Kier molecular flexibility index (Phi) is 7.24. The van der Waals surface area contributed by atoms with E-state index in [1.54, 1.807) is 0 Å². The Balaban J connectivity index is 1.68. The molecule has 2 aromatic carbocycles. The smallest absolute Gasteiger partial charge is 0.213 e. The summed E-state index contributed by atoms with van der Waals surface area (Å²) in [4.78, 5) is 0. The molecule has 0 heterocycles. The molecule has 0 saturated carbocycles. The predicted molar refractivity (Wildman–Crippen MR) is 96.4 cm³/mol. The minimum atomic E-state index is -3.28. The van der Waals surface area contributed by atoms with Crippen molar-refractivity contribution in [3.05, 3.63) is 65.7 Å². The van der Waals surface area contributed by atoms with Crippen LogP contribution < -0.4 is 14.8 Å². The fourth-order valence-corrected chi connectivity index (χ4v) is 3.11. The van der Waals surface area contributed by atoms with Gasteiger partial charge in [-0.3, -0.25) is 0 Å². The molecule has 0 unspecified atom stereocenters. The molecule has 130 valence electrons. The lowest BCUT2D eigenvalue weighted by molar-refractivity contribution is 0.340. The predicted octanol–water partition coefficient (Wildman–Crippen LogP) is 2.29. The van der Waals surface area contributed by atoms with Crippen molar-refractivity contribution in [2.45, 2.75) is 20.0 Å². The molecule has 0 amide bonds. The van der Waals surface area contributed by atoms with Gasteiger partial charge in [0.15, 0.2) is 0 Å². The van der Waals surface area contributed by atoms with Gasteiger partial charge in [0.05, 0.1) is 12.4 Å². The summed E-state index contributed by atoms with van der Waals surface area (Å²) in [7, 11) is -3.28. The van der Waals surface area contributed by atoms with Gasteiger partial charge in [-0.25, -0.2) is 13.1 Å². The van der Waals surface area contributed by atoms with Gasteiger partial charge in [-0.1, -0.05) is 42.5 Å². The van der Waals surface area contributed by atoms with Crippen LogP contribution in [0.1, 0.15) is 18.1 Å². The first-order valence-corrected chi connectivity index (χ1v) is 9.68. The van der Waals surface area contributed by atoms with E-state index in [1.165, 1.54) is 0 Å². The monoisotopic (exact) mass is 348 g/mol. The van der Waals surface area contributed by atoms with Gasteiger partial charge in [-0.05, 0) is 30.2 Å². The first kappa shape index (κ1) is 18.4. The van der Waals surface area contributed by atoms with E-state index in [0.29, 0.717) is 26.2 Å². The number of rotatable bonds is 10. The zero-order chi connectivity index (χ0) is 17.3. The van der Waals surface area contributed by atoms with Crippen LogP contribution in [0.5, 0.6) is 5.75 Å². The highest BCUT2D eigenvalue weighted by Gasteiger charge is 2.09. The summed E-state index contributed by atoms with van der Waals surface area (Å²) < 4.78 is 31.9. The highest BCUT2D eigenvalue weighted by Crippen LogP contribution is 2.11. The molecule has 2 N–H and O–H groups in total. The van der Waals surface area contributed by atoms with Gasteiger partial charge in [0.2, 0.25) is 10.0 Å². The molecule has 0 bridgehead atoms. The molecule has 2 rings (SSSR count). The van der Waals surface area contributed by atoms with Crippen molar-refractivity contribution in [1.29, 1.82) is 0 Å². The number of sulfonamides is 1. The fraction of sp³-hybridized carbons (Fsp3) is 0.333. The van der Waals surface area contributed by atoms with E-state index in [4.69, 9.17) is 4.74 Å². The van der Waals surface area contributed by atoms with Gasteiger partial charge < -0.3 is 10.1 Å². The molecule has 24 heavy (non-hydrogen) atoms. The summed E-state index contributed by atoms with van der Waals surface area (Å²) in [6.07, 6.45) is 0. The van der Waals surface area contributed by atoms with E-state index >= 15 is 0 Å². The largest absolute Gasteiger partial charge is 0.494 e. The van der Waals surface area contributed by atoms with Crippen molar-refractivity contribution in [1.82, 2.24) is 10.0 Å². The van der Waals surface area contributed by atoms with Crippen molar-refractivity contribution in [2.75, 3.05) is 18.9 Å². The van der Waals surface area contributed by atoms with E-state index in [1.807, 2.05) is 61.5 Å². The van der Waals surface area contributed by atoms with Gasteiger partial charge in [0.25, 0.3) is 0 Å². The third-order valence-electron chi connectivity index (χ3n) is 3.45. The van der Waals surface area contributed by atoms with Crippen LogP contribution in [-0.4, -0.2) is 27.3 Å². The molecule has 6 heteroatoms. The first-order valence-electron chi connectivity index (χ1n) is 8.03. The molecule has 0 aliphatic carbocycles. The quantitative estimate of drug-likeness (QED) is 0.647. The average molecular weight is 348 g/mol. The molecule has 0 spiro atoms. The van der Waals surface area contributed by atoms with E-state index in [0.717, 1.165) is 16.9 Å². The number of hydrogen-bond donors (Lipinski definition) is 2. The summed E-state index contributed by atoms with van der Waals surface area (Å²) in [6.45, 7) is 3.94. The van der Waals surface area contributed by atoms with Crippen molar-refractivity contribution in [2.24, 2.45) is 0 Å². The standard InChI is InChI=1S/C18H24N2O3S/c1-2-23-18-10-8-17(9-11-18)14-19-12-13-24(21,22)20-15-16-6-4-3-5-7-16/h3-11,19-20H,2,12-15H2,1H3. The zero-order valence-corrected chi connectivity index (χ0v) is 14.7. The molecule has 0 aliphatic heterocycles. The lowest BCUT2D eigenvalue weighted by Gasteiger charge is -2.09. The summed E-state index contributed by atoms with van der Waals surface area (Å²) >= 11 is 0. The minimum Gasteiger partial charge on any atom is -0.494 e. The average Bonchev–Trinajstić information content (AvgIpc) is 2.60. The summed E-state index contributed by atoms with van der Waals surface area (Å²) in [5.74, 6) is 0.894. The Morgan fingerprint density at radius 3 is 2.25 bits per heavy atom. The van der Waals surface area contributed by atoms with E-state index in [2.05, 4.69) is 10.0 Å². The molecular weight excluding hydrogens is 324 g/mol. The van der Waals surface area contributed by atoms with Crippen molar-refractivity contribution in [3.63, 3.8) is 0 Å². The van der Waals surface area contributed by atoms with Gasteiger partial charge >= 0.3 is 0 Å². The SMILES string of the molecule is CCOc1ccc(CNCCS(=O)(=O)NCc2ccccc2)cc1. The number of nitrogens with one attached hydrogen (secondary N) is 2. The van der Waals surface area contributed by atoms with Crippen molar-refractivity contribution in [3.8, 4) is 5.75 Å². The van der Waals surface area contributed by atoms with Crippen LogP contribution in [0.4, 0.5) is 0 Å². The molecule has 0 aromatic heterocycles. The molecule has 0 saturated heterocycles. The number of ether oxygens (including phenoxy) is 1. The van der Waals surface area contributed by atoms with Crippen molar-refractivity contribution < 1.29 is 13.2 Å². The van der Waals surface area contributed by atoms with Crippen LogP contribution in [0.2, 0.25) is 0 Å². The topological polar surface area (TPSA) is 67.4 Å². The molecule has 0 aliphatic rings.